The highest BCUT2D eigenvalue weighted by atomic mass is 16.5. The van der Waals surface area contributed by atoms with Crippen molar-refractivity contribution < 1.29 is 9.53 Å². The number of piperidine rings is 1. The molecule has 1 saturated carbocycles. The molecule has 2 rings (SSSR count). The molecule has 2 fully saturated rings. The summed E-state index contributed by atoms with van der Waals surface area (Å²) in [6.07, 6.45) is 7.63. The maximum Gasteiger partial charge on any atom is 0.248 e. The lowest BCUT2D eigenvalue weighted by molar-refractivity contribution is -0.147. The van der Waals surface area contributed by atoms with E-state index in [1.165, 1.54) is 38.5 Å². The van der Waals surface area contributed by atoms with Crippen LogP contribution < -0.4 is 0 Å². The first-order valence-electron chi connectivity index (χ1n) is 7.41. The minimum absolute atomic E-state index is 0.196. The molecule has 3 nitrogen and oxygen atoms in total. The van der Waals surface area contributed by atoms with Crippen molar-refractivity contribution in [2.45, 2.75) is 70.9 Å². The van der Waals surface area contributed by atoms with Crippen LogP contribution in [-0.4, -0.2) is 35.6 Å². The molecule has 3 heteroatoms. The average molecular weight is 253 g/mol. The molecular weight excluding hydrogens is 226 g/mol. The summed E-state index contributed by atoms with van der Waals surface area (Å²) in [5, 5.41) is 0. The van der Waals surface area contributed by atoms with Gasteiger partial charge in [-0.25, -0.2) is 0 Å². The van der Waals surface area contributed by atoms with Crippen molar-refractivity contribution in [3.05, 3.63) is 0 Å². The number of hydrogen-bond donors (Lipinski definition) is 0. The van der Waals surface area contributed by atoms with Gasteiger partial charge in [0.25, 0.3) is 0 Å². The van der Waals surface area contributed by atoms with Crippen LogP contribution >= 0.6 is 0 Å². The van der Waals surface area contributed by atoms with Gasteiger partial charge in [0.15, 0.2) is 0 Å². The number of carbonyl (C=O) groups is 1. The maximum absolute atomic E-state index is 12.3. The van der Waals surface area contributed by atoms with Crippen LogP contribution in [0.5, 0.6) is 0 Å². The van der Waals surface area contributed by atoms with Crippen molar-refractivity contribution >= 4 is 5.91 Å². The third kappa shape index (κ3) is 3.47. The van der Waals surface area contributed by atoms with Crippen LogP contribution in [0.4, 0.5) is 0 Å². The summed E-state index contributed by atoms with van der Waals surface area (Å²) < 4.78 is 5.63. The Morgan fingerprint density at radius 3 is 2.56 bits per heavy atom. The Balaban J connectivity index is 1.91. The first kappa shape index (κ1) is 13.9. The zero-order chi connectivity index (χ0) is 13.2. The van der Waals surface area contributed by atoms with Gasteiger partial charge < -0.3 is 9.64 Å². The quantitative estimate of drug-likeness (QED) is 0.757. The fourth-order valence-electron chi connectivity index (χ4n) is 3.30. The number of carbonyl (C=O) groups excluding carboxylic acids is 1. The monoisotopic (exact) mass is 253 g/mol. The van der Waals surface area contributed by atoms with Crippen molar-refractivity contribution in [2.75, 3.05) is 13.2 Å². The predicted molar refractivity (Wildman–Crippen MR) is 72.4 cm³/mol. The number of fused-ring (bicyclic) bond motifs is 1. The zero-order valence-corrected chi connectivity index (χ0v) is 12.1. The molecule has 2 atom stereocenters. The van der Waals surface area contributed by atoms with E-state index in [-0.39, 0.29) is 18.1 Å². The molecule has 2 unspecified atom stereocenters. The largest absolute Gasteiger partial charge is 0.366 e. The van der Waals surface area contributed by atoms with Crippen molar-refractivity contribution in [1.29, 1.82) is 0 Å². The van der Waals surface area contributed by atoms with Crippen molar-refractivity contribution in [2.24, 2.45) is 5.92 Å². The van der Waals surface area contributed by atoms with Crippen LogP contribution in [0.25, 0.3) is 0 Å². The smallest absolute Gasteiger partial charge is 0.248 e. The molecule has 0 aromatic heterocycles. The SMILES string of the molecule is CC(C)(C)OCC(=O)N1CCCC2CCCCC21. The van der Waals surface area contributed by atoms with Gasteiger partial charge >= 0.3 is 0 Å². The minimum atomic E-state index is -0.225. The van der Waals surface area contributed by atoms with Gasteiger partial charge in [-0.3, -0.25) is 4.79 Å². The number of amides is 1. The molecule has 0 radical (unpaired) electrons. The van der Waals surface area contributed by atoms with Crippen molar-refractivity contribution in [3.63, 3.8) is 0 Å². The van der Waals surface area contributed by atoms with Crippen LogP contribution in [0.3, 0.4) is 0 Å². The van der Waals surface area contributed by atoms with Crippen LogP contribution in [0, 0.1) is 5.92 Å². The maximum atomic E-state index is 12.3. The standard InChI is InChI=1S/C15H27NO2/c1-15(2,3)18-11-14(17)16-10-6-8-12-7-4-5-9-13(12)16/h12-13H,4-11H2,1-3H3. The molecule has 0 aromatic rings. The highest BCUT2D eigenvalue weighted by Gasteiger charge is 2.35. The Morgan fingerprint density at radius 1 is 1.17 bits per heavy atom. The molecule has 1 heterocycles. The molecule has 1 saturated heterocycles. The third-order valence-electron chi connectivity index (χ3n) is 4.19. The number of hydrogen-bond acceptors (Lipinski definition) is 2. The lowest BCUT2D eigenvalue weighted by Gasteiger charge is -2.44. The molecule has 0 aromatic carbocycles. The molecule has 1 aliphatic heterocycles. The molecule has 0 N–H and O–H groups in total. The van der Waals surface area contributed by atoms with Crippen LogP contribution in [0.1, 0.15) is 59.3 Å². The molecule has 1 amide bonds. The summed E-state index contributed by atoms with van der Waals surface area (Å²) in [5.74, 6) is 0.951. The van der Waals surface area contributed by atoms with E-state index in [1.807, 2.05) is 20.8 Å². The van der Waals surface area contributed by atoms with E-state index in [4.69, 9.17) is 4.74 Å². The Labute approximate surface area is 111 Å². The van der Waals surface area contributed by atoms with E-state index in [2.05, 4.69) is 4.90 Å². The lowest BCUT2D eigenvalue weighted by atomic mass is 9.78. The summed E-state index contributed by atoms with van der Waals surface area (Å²) in [6.45, 7) is 7.18. The number of rotatable bonds is 2. The fraction of sp³-hybridized carbons (Fsp3) is 0.933. The first-order valence-corrected chi connectivity index (χ1v) is 7.41. The molecule has 104 valence electrons. The Bertz CT molecular complexity index is 293. The van der Waals surface area contributed by atoms with Crippen LogP contribution in [0.2, 0.25) is 0 Å². The lowest BCUT2D eigenvalue weighted by Crippen LogP contribution is -2.51. The zero-order valence-electron chi connectivity index (χ0n) is 12.1. The Kier molecular flexibility index (Phi) is 4.31. The van der Waals surface area contributed by atoms with E-state index < -0.39 is 0 Å². The number of nitrogens with zero attached hydrogens (tertiary/aromatic N) is 1. The second-order valence-electron chi connectivity index (χ2n) is 6.74. The van der Waals surface area contributed by atoms with Crippen molar-refractivity contribution in [1.82, 2.24) is 4.90 Å². The summed E-state index contributed by atoms with van der Waals surface area (Å²) in [4.78, 5) is 14.4. The van der Waals surface area contributed by atoms with E-state index in [0.29, 0.717) is 6.04 Å². The number of likely N-dealkylation sites (tertiary alicyclic amines) is 1. The highest BCUT2D eigenvalue weighted by molar-refractivity contribution is 5.78. The van der Waals surface area contributed by atoms with E-state index in [9.17, 15) is 4.79 Å². The molecular formula is C15H27NO2. The van der Waals surface area contributed by atoms with Gasteiger partial charge in [0.2, 0.25) is 5.91 Å². The van der Waals surface area contributed by atoms with Gasteiger partial charge in [-0.15, -0.1) is 0 Å². The molecule has 0 spiro atoms. The molecule has 1 aliphatic carbocycles. The van der Waals surface area contributed by atoms with Crippen LogP contribution in [0.15, 0.2) is 0 Å². The second kappa shape index (κ2) is 5.60. The molecule has 2 aliphatic rings. The summed E-state index contributed by atoms with van der Waals surface area (Å²) in [5.41, 5.74) is -0.225. The topological polar surface area (TPSA) is 29.5 Å². The van der Waals surface area contributed by atoms with Gasteiger partial charge in [0.1, 0.15) is 6.61 Å². The Morgan fingerprint density at radius 2 is 1.83 bits per heavy atom. The van der Waals surface area contributed by atoms with Gasteiger partial charge in [-0.1, -0.05) is 12.8 Å². The first-order chi connectivity index (χ1) is 8.47. The minimum Gasteiger partial charge on any atom is -0.366 e. The summed E-state index contributed by atoms with van der Waals surface area (Å²) in [7, 11) is 0. The normalized spacial score (nSPS) is 28.9. The highest BCUT2D eigenvalue weighted by Crippen LogP contribution is 2.35. The van der Waals surface area contributed by atoms with E-state index in [1.54, 1.807) is 0 Å². The van der Waals surface area contributed by atoms with Crippen LogP contribution in [-0.2, 0) is 9.53 Å². The van der Waals surface area contributed by atoms with Gasteiger partial charge in [0, 0.05) is 12.6 Å². The predicted octanol–water partition coefficient (Wildman–Crippen LogP) is 2.98. The average Bonchev–Trinajstić information content (AvgIpc) is 2.34. The van der Waals surface area contributed by atoms with E-state index >= 15 is 0 Å². The van der Waals surface area contributed by atoms with Gasteiger partial charge in [-0.2, -0.15) is 0 Å². The van der Waals surface area contributed by atoms with Gasteiger partial charge in [-0.05, 0) is 52.4 Å². The molecule has 0 bridgehead atoms. The van der Waals surface area contributed by atoms with Gasteiger partial charge in [0.05, 0.1) is 5.60 Å². The molecule has 18 heavy (non-hydrogen) atoms. The third-order valence-corrected chi connectivity index (χ3v) is 4.19. The summed E-state index contributed by atoms with van der Waals surface area (Å²) >= 11 is 0. The number of ether oxygens (including phenoxy) is 1. The fourth-order valence-corrected chi connectivity index (χ4v) is 3.30. The van der Waals surface area contributed by atoms with E-state index in [0.717, 1.165) is 12.5 Å². The van der Waals surface area contributed by atoms with Crippen molar-refractivity contribution in [3.8, 4) is 0 Å². The Hall–Kier alpha value is -0.570. The second-order valence-corrected chi connectivity index (χ2v) is 6.74. The summed E-state index contributed by atoms with van der Waals surface area (Å²) in [6, 6.07) is 0.503.